The van der Waals surface area contributed by atoms with E-state index in [0.717, 1.165) is 18.7 Å². The van der Waals surface area contributed by atoms with E-state index in [-0.39, 0.29) is 6.54 Å². The quantitative estimate of drug-likeness (QED) is 0.618. The smallest absolute Gasteiger partial charge is 0.266 e. The molecule has 0 aliphatic heterocycles. The lowest BCUT2D eigenvalue weighted by atomic mass is 10.5. The third-order valence-electron chi connectivity index (χ3n) is 1.33. The SMILES string of the molecule is CC(=O)N(CCS(=O)(=O)O)C(C)=O. The summed E-state index contributed by atoms with van der Waals surface area (Å²) in [5, 5.41) is 0. The summed E-state index contributed by atoms with van der Waals surface area (Å²) in [4.78, 5) is 22.2. The molecule has 0 unspecified atom stereocenters. The Labute approximate surface area is 76.3 Å². The maximum absolute atomic E-state index is 10.7. The minimum Gasteiger partial charge on any atom is -0.285 e. The van der Waals surface area contributed by atoms with Gasteiger partial charge in [-0.25, -0.2) is 0 Å². The highest BCUT2D eigenvalue weighted by Crippen LogP contribution is 1.93. The first kappa shape index (κ1) is 12.0. The average molecular weight is 209 g/mol. The van der Waals surface area contributed by atoms with E-state index in [9.17, 15) is 18.0 Å². The Bertz CT molecular complexity index is 293. The normalized spacial score (nSPS) is 11.0. The highest BCUT2D eigenvalue weighted by molar-refractivity contribution is 7.85. The number of hydrogen-bond donors (Lipinski definition) is 1. The Morgan fingerprint density at radius 1 is 1.23 bits per heavy atom. The van der Waals surface area contributed by atoms with Gasteiger partial charge >= 0.3 is 0 Å². The van der Waals surface area contributed by atoms with Gasteiger partial charge in [0.25, 0.3) is 10.1 Å². The summed E-state index contributed by atoms with van der Waals surface area (Å²) in [5.41, 5.74) is 0. The first-order valence-electron chi connectivity index (χ1n) is 3.48. The van der Waals surface area contributed by atoms with Crippen molar-refractivity contribution in [2.24, 2.45) is 0 Å². The Kier molecular flexibility index (Phi) is 4.02. The van der Waals surface area contributed by atoms with Gasteiger partial charge in [-0.2, -0.15) is 8.42 Å². The highest BCUT2D eigenvalue weighted by Gasteiger charge is 2.16. The molecule has 0 atom stereocenters. The van der Waals surface area contributed by atoms with Crippen molar-refractivity contribution >= 4 is 21.9 Å². The van der Waals surface area contributed by atoms with Crippen LogP contribution < -0.4 is 0 Å². The summed E-state index contributed by atoms with van der Waals surface area (Å²) in [6.07, 6.45) is 0. The molecule has 0 aromatic heterocycles. The van der Waals surface area contributed by atoms with E-state index in [1.807, 2.05) is 0 Å². The Morgan fingerprint density at radius 2 is 1.62 bits per heavy atom. The molecule has 0 aromatic carbocycles. The summed E-state index contributed by atoms with van der Waals surface area (Å²) >= 11 is 0. The van der Waals surface area contributed by atoms with Crippen LogP contribution in [-0.2, 0) is 19.7 Å². The van der Waals surface area contributed by atoms with Gasteiger partial charge in [0.05, 0.1) is 5.75 Å². The van der Waals surface area contributed by atoms with Crippen LogP contribution in [0.3, 0.4) is 0 Å². The first-order valence-corrected chi connectivity index (χ1v) is 5.09. The van der Waals surface area contributed by atoms with E-state index in [1.54, 1.807) is 0 Å². The van der Waals surface area contributed by atoms with Crippen LogP contribution in [0.2, 0.25) is 0 Å². The van der Waals surface area contributed by atoms with E-state index in [2.05, 4.69) is 0 Å². The van der Waals surface area contributed by atoms with Crippen molar-refractivity contribution in [3.8, 4) is 0 Å². The fraction of sp³-hybridized carbons (Fsp3) is 0.667. The third kappa shape index (κ3) is 5.31. The molecule has 0 bridgehead atoms. The molecule has 0 aromatic rings. The van der Waals surface area contributed by atoms with E-state index in [0.29, 0.717) is 0 Å². The molecule has 0 saturated heterocycles. The topological polar surface area (TPSA) is 91.8 Å². The van der Waals surface area contributed by atoms with Crippen molar-refractivity contribution in [3.63, 3.8) is 0 Å². The second-order valence-corrected chi connectivity index (χ2v) is 4.05. The van der Waals surface area contributed by atoms with Crippen LogP contribution in [0.15, 0.2) is 0 Å². The monoisotopic (exact) mass is 209 g/mol. The van der Waals surface area contributed by atoms with E-state index >= 15 is 0 Å². The summed E-state index contributed by atoms with van der Waals surface area (Å²) in [7, 11) is -4.13. The van der Waals surface area contributed by atoms with Crippen molar-refractivity contribution in [1.29, 1.82) is 0 Å². The number of carbonyl (C=O) groups is 2. The number of rotatable bonds is 3. The molecule has 0 fully saturated rings. The second kappa shape index (κ2) is 4.33. The van der Waals surface area contributed by atoms with Crippen LogP contribution >= 0.6 is 0 Å². The van der Waals surface area contributed by atoms with Crippen molar-refractivity contribution < 1.29 is 22.6 Å². The molecule has 0 heterocycles. The molecule has 13 heavy (non-hydrogen) atoms. The summed E-state index contributed by atoms with van der Waals surface area (Å²) < 4.78 is 28.9. The van der Waals surface area contributed by atoms with Crippen LogP contribution in [-0.4, -0.2) is 42.0 Å². The van der Waals surface area contributed by atoms with Gasteiger partial charge in [-0.05, 0) is 0 Å². The molecule has 0 saturated carbocycles. The summed E-state index contributed by atoms with van der Waals surface area (Å²) in [5.74, 6) is -1.72. The zero-order valence-electron chi connectivity index (χ0n) is 7.35. The minimum atomic E-state index is -4.13. The molecule has 2 amide bonds. The van der Waals surface area contributed by atoms with Gasteiger partial charge in [-0.3, -0.25) is 19.0 Å². The standard InChI is InChI=1S/C6H11NO5S/c1-5(8)7(6(2)9)3-4-13(10,11)12/h3-4H2,1-2H3,(H,10,11,12). The molecule has 1 N–H and O–H groups in total. The van der Waals surface area contributed by atoms with Crippen LogP contribution in [0.5, 0.6) is 0 Å². The third-order valence-corrected chi connectivity index (χ3v) is 2.03. The van der Waals surface area contributed by atoms with Crippen molar-refractivity contribution in [1.82, 2.24) is 4.90 Å². The van der Waals surface area contributed by atoms with Crippen molar-refractivity contribution in [2.45, 2.75) is 13.8 Å². The highest BCUT2D eigenvalue weighted by atomic mass is 32.2. The van der Waals surface area contributed by atoms with Crippen molar-refractivity contribution in [2.75, 3.05) is 12.3 Å². The van der Waals surface area contributed by atoms with E-state index in [1.165, 1.54) is 0 Å². The minimum absolute atomic E-state index is 0.316. The van der Waals surface area contributed by atoms with Crippen LogP contribution in [0, 0.1) is 0 Å². The molecule has 0 aliphatic carbocycles. The average Bonchev–Trinajstić information content (AvgIpc) is 1.82. The van der Waals surface area contributed by atoms with Gasteiger partial charge in [0.15, 0.2) is 0 Å². The van der Waals surface area contributed by atoms with Crippen LogP contribution in [0.25, 0.3) is 0 Å². The molecule has 0 spiro atoms. The lowest BCUT2D eigenvalue weighted by Gasteiger charge is -2.15. The van der Waals surface area contributed by atoms with E-state index < -0.39 is 27.7 Å². The van der Waals surface area contributed by atoms with Gasteiger partial charge < -0.3 is 0 Å². The second-order valence-electron chi connectivity index (χ2n) is 2.48. The predicted octanol–water partition coefficient (Wildman–Crippen LogP) is -0.731. The Morgan fingerprint density at radius 3 is 1.85 bits per heavy atom. The number of hydrogen-bond acceptors (Lipinski definition) is 4. The Balaban J connectivity index is 4.30. The van der Waals surface area contributed by atoms with Gasteiger partial charge in [0.2, 0.25) is 11.8 Å². The van der Waals surface area contributed by atoms with Gasteiger partial charge in [0.1, 0.15) is 0 Å². The van der Waals surface area contributed by atoms with Crippen LogP contribution in [0.4, 0.5) is 0 Å². The first-order chi connectivity index (χ1) is 5.74. The number of carbonyl (C=O) groups excluding carboxylic acids is 2. The zero-order valence-corrected chi connectivity index (χ0v) is 8.17. The molecule has 0 aliphatic rings. The fourth-order valence-corrected chi connectivity index (χ4v) is 1.16. The van der Waals surface area contributed by atoms with Crippen molar-refractivity contribution in [3.05, 3.63) is 0 Å². The summed E-state index contributed by atoms with van der Waals surface area (Å²) in [6.45, 7) is 1.97. The van der Waals surface area contributed by atoms with Gasteiger partial charge in [0, 0.05) is 20.4 Å². The largest absolute Gasteiger partial charge is 0.285 e. The molecule has 0 rings (SSSR count). The molecular weight excluding hydrogens is 198 g/mol. The van der Waals surface area contributed by atoms with Gasteiger partial charge in [-0.15, -0.1) is 0 Å². The lowest BCUT2D eigenvalue weighted by Crippen LogP contribution is -2.36. The maximum atomic E-state index is 10.7. The maximum Gasteiger partial charge on any atom is 0.266 e. The molecule has 0 radical (unpaired) electrons. The zero-order chi connectivity index (χ0) is 10.6. The molecule has 6 nitrogen and oxygen atoms in total. The lowest BCUT2D eigenvalue weighted by molar-refractivity contribution is -0.141. The number of imide groups is 1. The fourth-order valence-electron chi connectivity index (χ4n) is 0.743. The number of amides is 2. The molecule has 7 heteroatoms. The predicted molar refractivity (Wildman–Crippen MR) is 44.5 cm³/mol. The number of nitrogens with zero attached hydrogens (tertiary/aromatic N) is 1. The Hall–Kier alpha value is -0.950. The van der Waals surface area contributed by atoms with Crippen LogP contribution in [0.1, 0.15) is 13.8 Å². The van der Waals surface area contributed by atoms with E-state index in [4.69, 9.17) is 4.55 Å². The summed E-state index contributed by atoms with van der Waals surface area (Å²) in [6, 6.07) is 0. The molecule has 76 valence electrons. The van der Waals surface area contributed by atoms with Gasteiger partial charge in [-0.1, -0.05) is 0 Å². The molecular formula is C6H11NO5S.